The van der Waals surface area contributed by atoms with E-state index in [2.05, 4.69) is 0 Å². The summed E-state index contributed by atoms with van der Waals surface area (Å²) in [7, 11) is 0. The first-order valence-electron chi connectivity index (χ1n) is 9.08. The summed E-state index contributed by atoms with van der Waals surface area (Å²) in [6.07, 6.45) is 1.84. The monoisotopic (exact) mass is 393 g/mol. The van der Waals surface area contributed by atoms with E-state index in [0.717, 1.165) is 19.3 Å². The van der Waals surface area contributed by atoms with Crippen LogP contribution in [-0.2, 0) is 4.74 Å². The molecule has 27 heavy (non-hydrogen) atoms. The van der Waals surface area contributed by atoms with E-state index in [0.29, 0.717) is 35.2 Å². The molecule has 0 radical (unpaired) electrons. The van der Waals surface area contributed by atoms with E-state index < -0.39 is 11.9 Å². The fraction of sp³-hybridized carbons (Fsp3) is 0.474. The van der Waals surface area contributed by atoms with Gasteiger partial charge in [0.2, 0.25) is 0 Å². The van der Waals surface area contributed by atoms with Crippen molar-refractivity contribution in [2.45, 2.75) is 32.2 Å². The number of aromatic nitrogens is 1. The van der Waals surface area contributed by atoms with Crippen molar-refractivity contribution >= 4 is 34.3 Å². The highest BCUT2D eigenvalue weighted by Crippen LogP contribution is 2.42. The maximum Gasteiger partial charge on any atom is 0.404 e. The lowest BCUT2D eigenvalue weighted by Crippen LogP contribution is -2.26. The smallest absolute Gasteiger partial charge is 0.404 e. The molecular formula is C19H21ClFN3O3. The van der Waals surface area contributed by atoms with Gasteiger partial charge in [0.15, 0.2) is 5.82 Å². The molecule has 1 unspecified atom stereocenters. The molecular weight excluding hydrogens is 373 g/mol. The Morgan fingerprint density at radius 2 is 2.11 bits per heavy atom. The second-order valence-corrected chi connectivity index (χ2v) is 7.75. The number of carbonyl (C=O) groups is 1. The van der Waals surface area contributed by atoms with Crippen LogP contribution in [0.3, 0.4) is 0 Å². The summed E-state index contributed by atoms with van der Waals surface area (Å²) in [4.78, 5) is 25.2. The van der Waals surface area contributed by atoms with Crippen molar-refractivity contribution in [3.63, 3.8) is 0 Å². The Balaban J connectivity index is 1.79. The number of anilines is 1. The minimum absolute atomic E-state index is 0.0387. The van der Waals surface area contributed by atoms with Crippen LogP contribution in [0.5, 0.6) is 0 Å². The quantitative estimate of drug-likeness (QED) is 0.864. The largest absolute Gasteiger partial charge is 0.449 e. The number of halogens is 2. The fourth-order valence-corrected chi connectivity index (χ4v) is 4.30. The molecule has 1 atom stereocenters. The second kappa shape index (κ2) is 6.71. The van der Waals surface area contributed by atoms with E-state index >= 15 is 4.39 Å². The van der Waals surface area contributed by atoms with Crippen molar-refractivity contribution in [1.29, 1.82) is 0 Å². The second-order valence-electron chi connectivity index (χ2n) is 7.37. The first-order valence-corrected chi connectivity index (χ1v) is 9.46. The lowest BCUT2D eigenvalue weighted by molar-refractivity contribution is 0.140. The van der Waals surface area contributed by atoms with Gasteiger partial charge in [-0.15, -0.1) is 0 Å². The SMILES string of the molecule is Cc1c(N2CCC(COC(N)=O)C2)c(F)c(Cl)c2ccc(=O)n(C3CC3)c12. The molecule has 144 valence electrons. The third-order valence-corrected chi connectivity index (χ3v) is 5.82. The summed E-state index contributed by atoms with van der Waals surface area (Å²) in [6, 6.07) is 3.22. The van der Waals surface area contributed by atoms with Crippen LogP contribution in [0.4, 0.5) is 14.9 Å². The fourth-order valence-electron chi connectivity index (χ4n) is 4.06. The highest BCUT2D eigenvalue weighted by atomic mass is 35.5. The Kier molecular flexibility index (Phi) is 4.50. The molecule has 2 aromatic rings. The van der Waals surface area contributed by atoms with Crippen LogP contribution in [0.25, 0.3) is 10.9 Å². The first-order chi connectivity index (χ1) is 12.9. The Hall–Kier alpha value is -2.28. The van der Waals surface area contributed by atoms with Gasteiger partial charge in [0.05, 0.1) is 22.8 Å². The van der Waals surface area contributed by atoms with Gasteiger partial charge < -0.3 is 19.9 Å². The van der Waals surface area contributed by atoms with Crippen LogP contribution in [0.1, 0.15) is 30.9 Å². The molecule has 8 heteroatoms. The van der Waals surface area contributed by atoms with Crippen LogP contribution in [0, 0.1) is 18.7 Å². The molecule has 6 nitrogen and oxygen atoms in total. The van der Waals surface area contributed by atoms with Crippen LogP contribution in [-0.4, -0.2) is 30.4 Å². The average Bonchev–Trinajstić information content (AvgIpc) is 3.36. The Bertz CT molecular complexity index is 987. The number of primary amides is 1. The molecule has 2 heterocycles. The number of fused-ring (bicyclic) bond motifs is 1. The minimum atomic E-state index is -0.807. The number of ether oxygens (including phenoxy) is 1. The molecule has 0 bridgehead atoms. The van der Waals surface area contributed by atoms with Gasteiger partial charge in [0.1, 0.15) is 0 Å². The summed E-state index contributed by atoms with van der Waals surface area (Å²) in [5, 5.41) is 0.603. The number of carbonyl (C=O) groups excluding carboxylic acids is 1. The number of benzene rings is 1. The minimum Gasteiger partial charge on any atom is -0.449 e. The van der Waals surface area contributed by atoms with E-state index in [9.17, 15) is 9.59 Å². The number of pyridine rings is 1. The van der Waals surface area contributed by atoms with E-state index in [1.165, 1.54) is 6.07 Å². The summed E-state index contributed by atoms with van der Waals surface area (Å²) in [5.74, 6) is -0.397. The maximum atomic E-state index is 15.2. The highest BCUT2D eigenvalue weighted by molar-refractivity contribution is 6.36. The summed E-state index contributed by atoms with van der Waals surface area (Å²) in [5.41, 5.74) is 6.79. The van der Waals surface area contributed by atoms with Crippen LogP contribution in [0.2, 0.25) is 5.02 Å². The molecule has 1 aromatic heterocycles. The van der Waals surface area contributed by atoms with Crippen LogP contribution < -0.4 is 16.2 Å². The molecule has 1 saturated heterocycles. The Morgan fingerprint density at radius 3 is 2.78 bits per heavy atom. The molecule has 0 spiro atoms. The summed E-state index contributed by atoms with van der Waals surface area (Å²) < 4.78 is 21.8. The van der Waals surface area contributed by atoms with Gasteiger partial charge in [-0.25, -0.2) is 9.18 Å². The number of nitrogens with two attached hydrogens (primary N) is 1. The van der Waals surface area contributed by atoms with Crippen molar-refractivity contribution in [1.82, 2.24) is 4.57 Å². The Morgan fingerprint density at radius 1 is 1.37 bits per heavy atom. The zero-order valence-corrected chi connectivity index (χ0v) is 15.8. The molecule has 1 amide bonds. The summed E-state index contributed by atoms with van der Waals surface area (Å²) >= 11 is 6.37. The average molecular weight is 394 g/mol. The van der Waals surface area contributed by atoms with Gasteiger partial charge in [-0.2, -0.15) is 0 Å². The molecule has 1 aromatic carbocycles. The number of nitrogens with zero attached hydrogens (tertiary/aromatic N) is 2. The van der Waals surface area contributed by atoms with Crippen molar-refractivity contribution in [3.05, 3.63) is 38.9 Å². The van der Waals surface area contributed by atoms with Gasteiger partial charge in [0.25, 0.3) is 5.56 Å². The van der Waals surface area contributed by atoms with E-state index in [1.807, 2.05) is 11.8 Å². The van der Waals surface area contributed by atoms with Crippen molar-refractivity contribution in [2.75, 3.05) is 24.6 Å². The molecule has 2 aliphatic rings. The molecule has 2 N–H and O–H groups in total. The van der Waals surface area contributed by atoms with Gasteiger partial charge >= 0.3 is 6.09 Å². The van der Waals surface area contributed by atoms with Gasteiger partial charge in [-0.1, -0.05) is 11.6 Å². The zero-order chi connectivity index (χ0) is 19.3. The molecule has 1 aliphatic carbocycles. The first kappa shape index (κ1) is 18.1. The van der Waals surface area contributed by atoms with Crippen LogP contribution in [0.15, 0.2) is 16.9 Å². The van der Waals surface area contributed by atoms with Crippen LogP contribution >= 0.6 is 11.6 Å². The highest BCUT2D eigenvalue weighted by Gasteiger charge is 2.32. The third kappa shape index (κ3) is 3.14. The van der Waals surface area contributed by atoms with Crippen molar-refractivity contribution < 1.29 is 13.9 Å². The molecule has 1 aliphatic heterocycles. The molecule has 2 fully saturated rings. The normalized spacial score (nSPS) is 19.7. The number of hydrogen-bond donors (Lipinski definition) is 1. The predicted octanol–water partition coefficient (Wildman–Crippen LogP) is 3.36. The molecule has 1 saturated carbocycles. The van der Waals surface area contributed by atoms with Gasteiger partial charge in [0, 0.05) is 36.5 Å². The van der Waals surface area contributed by atoms with E-state index in [4.69, 9.17) is 22.1 Å². The van der Waals surface area contributed by atoms with Gasteiger partial charge in [-0.05, 0) is 37.8 Å². The topological polar surface area (TPSA) is 77.6 Å². The van der Waals surface area contributed by atoms with E-state index in [-0.39, 0.29) is 29.1 Å². The van der Waals surface area contributed by atoms with Crippen molar-refractivity contribution in [2.24, 2.45) is 11.7 Å². The maximum absolute atomic E-state index is 15.2. The number of amides is 1. The third-order valence-electron chi connectivity index (χ3n) is 5.45. The summed E-state index contributed by atoms with van der Waals surface area (Å²) in [6.45, 7) is 3.20. The van der Waals surface area contributed by atoms with Gasteiger partial charge in [-0.3, -0.25) is 4.79 Å². The lowest BCUT2D eigenvalue weighted by Gasteiger charge is -2.25. The Labute approximate surface area is 160 Å². The zero-order valence-electron chi connectivity index (χ0n) is 15.0. The van der Waals surface area contributed by atoms with E-state index in [1.54, 1.807) is 10.6 Å². The molecule has 4 rings (SSSR count). The lowest BCUT2D eigenvalue weighted by atomic mass is 10.1. The number of hydrogen-bond acceptors (Lipinski definition) is 4. The standard InChI is InChI=1S/C19H21ClFN3O3/c1-10-17-13(4-5-14(25)24(17)12-2-3-12)15(20)16(21)18(10)23-7-6-11(8-23)9-27-19(22)26/h4-5,11-12H,2-3,6-9H2,1H3,(H2,22,26). The predicted molar refractivity (Wildman–Crippen MR) is 102 cm³/mol. The van der Waals surface area contributed by atoms with Crippen molar-refractivity contribution in [3.8, 4) is 0 Å². The number of aryl methyl sites for hydroxylation is 1. The number of rotatable bonds is 4.